The van der Waals surface area contributed by atoms with Gasteiger partial charge in [-0.15, -0.1) is 0 Å². The summed E-state index contributed by atoms with van der Waals surface area (Å²) in [5, 5.41) is 0. The van der Waals surface area contributed by atoms with Crippen LogP contribution in [0.25, 0.3) is 11.1 Å². The number of amides is 1. The molecule has 1 saturated carbocycles. The molecule has 4 rings (SSSR count). The highest BCUT2D eigenvalue weighted by Gasteiger charge is 2.36. The van der Waals surface area contributed by atoms with Crippen molar-refractivity contribution in [2.75, 3.05) is 24.7 Å². The first-order chi connectivity index (χ1) is 11.3. The molecule has 6 nitrogen and oxygen atoms in total. The number of hydrogen-bond donors (Lipinski definition) is 0. The van der Waals surface area contributed by atoms with Gasteiger partial charge in [0.1, 0.15) is 12.1 Å². The maximum absolute atomic E-state index is 12.5. The number of carbonyl (C=O) groups is 1. The Balaban J connectivity index is 1.43. The maximum Gasteiger partial charge on any atom is 0.305 e. The highest BCUT2D eigenvalue weighted by Crippen LogP contribution is 2.33. The SMILES string of the molecule is O=C(COC[C@H]1CCCO1)N(c1nc2ccccc2o1)C1CC1. The Morgan fingerprint density at radius 1 is 1.30 bits per heavy atom. The van der Waals surface area contributed by atoms with Crippen molar-refractivity contribution in [1.29, 1.82) is 0 Å². The van der Waals surface area contributed by atoms with E-state index in [1.165, 1.54) is 0 Å². The third kappa shape index (κ3) is 3.23. The van der Waals surface area contributed by atoms with E-state index in [-0.39, 0.29) is 24.7 Å². The van der Waals surface area contributed by atoms with E-state index in [4.69, 9.17) is 13.9 Å². The molecule has 23 heavy (non-hydrogen) atoms. The molecule has 0 bridgehead atoms. The van der Waals surface area contributed by atoms with Gasteiger partial charge in [0.15, 0.2) is 5.58 Å². The largest absolute Gasteiger partial charge is 0.423 e. The van der Waals surface area contributed by atoms with Crippen LogP contribution in [0.1, 0.15) is 25.7 Å². The number of rotatable bonds is 6. The lowest BCUT2D eigenvalue weighted by molar-refractivity contribution is -0.124. The number of anilines is 1. The average Bonchev–Trinajstić information content (AvgIpc) is 3.08. The molecule has 2 fully saturated rings. The summed E-state index contributed by atoms with van der Waals surface area (Å²) in [6.07, 6.45) is 4.17. The van der Waals surface area contributed by atoms with E-state index in [2.05, 4.69) is 4.98 Å². The van der Waals surface area contributed by atoms with Gasteiger partial charge in [-0.1, -0.05) is 12.1 Å². The molecule has 1 amide bonds. The minimum atomic E-state index is -0.1000. The second-order valence-electron chi connectivity index (χ2n) is 6.11. The minimum absolute atomic E-state index is 0.0368. The van der Waals surface area contributed by atoms with Crippen LogP contribution in [0.2, 0.25) is 0 Å². The van der Waals surface area contributed by atoms with E-state index in [9.17, 15) is 4.79 Å². The topological polar surface area (TPSA) is 64.8 Å². The maximum atomic E-state index is 12.5. The normalized spacial score (nSPS) is 21.0. The number of para-hydroxylation sites is 2. The van der Waals surface area contributed by atoms with Crippen molar-refractivity contribution in [3.05, 3.63) is 24.3 Å². The van der Waals surface area contributed by atoms with Crippen molar-refractivity contribution in [2.24, 2.45) is 0 Å². The highest BCUT2D eigenvalue weighted by molar-refractivity contribution is 5.94. The number of benzene rings is 1. The van der Waals surface area contributed by atoms with Crippen LogP contribution in [0, 0.1) is 0 Å². The number of fused-ring (bicyclic) bond motifs is 1. The van der Waals surface area contributed by atoms with Crippen LogP contribution in [-0.2, 0) is 14.3 Å². The summed E-state index contributed by atoms with van der Waals surface area (Å²) < 4.78 is 16.8. The molecule has 1 aromatic carbocycles. The van der Waals surface area contributed by atoms with Crippen LogP contribution in [0.3, 0.4) is 0 Å². The van der Waals surface area contributed by atoms with Crippen LogP contribution < -0.4 is 4.90 Å². The van der Waals surface area contributed by atoms with Crippen LogP contribution in [-0.4, -0.2) is 42.9 Å². The zero-order chi connectivity index (χ0) is 15.6. The van der Waals surface area contributed by atoms with E-state index < -0.39 is 0 Å². The smallest absolute Gasteiger partial charge is 0.305 e. The Hall–Kier alpha value is -1.92. The first-order valence-corrected chi connectivity index (χ1v) is 8.18. The van der Waals surface area contributed by atoms with E-state index >= 15 is 0 Å². The van der Waals surface area contributed by atoms with Gasteiger partial charge in [-0.25, -0.2) is 0 Å². The summed E-state index contributed by atoms with van der Waals surface area (Å²) in [5.41, 5.74) is 1.46. The molecule has 1 aromatic heterocycles. The number of nitrogens with zero attached hydrogens (tertiary/aromatic N) is 2. The second kappa shape index (κ2) is 6.29. The molecule has 1 atom stereocenters. The van der Waals surface area contributed by atoms with Crippen molar-refractivity contribution >= 4 is 23.0 Å². The van der Waals surface area contributed by atoms with Crippen molar-refractivity contribution in [1.82, 2.24) is 4.98 Å². The Kier molecular flexibility index (Phi) is 4.01. The summed E-state index contributed by atoms with van der Waals surface area (Å²) in [6.45, 7) is 1.30. The summed E-state index contributed by atoms with van der Waals surface area (Å²) in [4.78, 5) is 18.6. The molecule has 122 valence electrons. The first-order valence-electron chi connectivity index (χ1n) is 8.18. The number of aromatic nitrogens is 1. The quantitative estimate of drug-likeness (QED) is 0.819. The zero-order valence-corrected chi connectivity index (χ0v) is 12.9. The summed E-state index contributed by atoms with van der Waals surface area (Å²) in [7, 11) is 0. The molecule has 1 aliphatic carbocycles. The Morgan fingerprint density at radius 2 is 2.17 bits per heavy atom. The van der Waals surface area contributed by atoms with Gasteiger partial charge in [0.25, 0.3) is 5.91 Å². The number of carbonyl (C=O) groups excluding carboxylic acids is 1. The van der Waals surface area contributed by atoms with E-state index in [1.807, 2.05) is 24.3 Å². The van der Waals surface area contributed by atoms with Crippen LogP contribution in [0.4, 0.5) is 6.01 Å². The zero-order valence-electron chi connectivity index (χ0n) is 12.9. The third-order valence-corrected chi connectivity index (χ3v) is 4.22. The molecule has 6 heteroatoms. The Labute approximate surface area is 134 Å². The average molecular weight is 316 g/mol. The van der Waals surface area contributed by atoms with Gasteiger partial charge in [0.05, 0.1) is 12.7 Å². The lowest BCUT2D eigenvalue weighted by Gasteiger charge is -2.18. The summed E-state index contributed by atoms with van der Waals surface area (Å²) in [5.74, 6) is -0.1000. The van der Waals surface area contributed by atoms with Gasteiger partial charge in [0.2, 0.25) is 0 Å². The molecule has 2 aromatic rings. The fourth-order valence-corrected chi connectivity index (χ4v) is 2.89. The van der Waals surface area contributed by atoms with Gasteiger partial charge in [-0.2, -0.15) is 4.98 Å². The molecule has 0 unspecified atom stereocenters. The van der Waals surface area contributed by atoms with Gasteiger partial charge < -0.3 is 13.9 Å². The number of hydrogen-bond acceptors (Lipinski definition) is 5. The van der Waals surface area contributed by atoms with E-state index in [1.54, 1.807) is 4.90 Å². The fourth-order valence-electron chi connectivity index (χ4n) is 2.89. The molecule has 0 spiro atoms. The molecular formula is C17H20N2O4. The van der Waals surface area contributed by atoms with Crippen LogP contribution in [0.5, 0.6) is 0 Å². The molecule has 2 heterocycles. The predicted octanol–water partition coefficient (Wildman–Crippen LogP) is 2.52. The van der Waals surface area contributed by atoms with Crippen molar-refractivity contribution < 1.29 is 18.7 Å². The second-order valence-corrected chi connectivity index (χ2v) is 6.11. The van der Waals surface area contributed by atoms with Crippen molar-refractivity contribution in [2.45, 2.75) is 37.8 Å². The van der Waals surface area contributed by atoms with Gasteiger partial charge in [-0.3, -0.25) is 9.69 Å². The molecule has 0 N–H and O–H groups in total. The van der Waals surface area contributed by atoms with E-state index in [0.29, 0.717) is 18.2 Å². The third-order valence-electron chi connectivity index (χ3n) is 4.22. The minimum Gasteiger partial charge on any atom is -0.423 e. The monoisotopic (exact) mass is 316 g/mol. The molecular weight excluding hydrogens is 296 g/mol. The summed E-state index contributed by atoms with van der Waals surface area (Å²) in [6, 6.07) is 8.09. The lowest BCUT2D eigenvalue weighted by atomic mass is 10.2. The van der Waals surface area contributed by atoms with Crippen LogP contribution >= 0.6 is 0 Å². The van der Waals surface area contributed by atoms with Crippen LogP contribution in [0.15, 0.2) is 28.7 Å². The van der Waals surface area contributed by atoms with Crippen molar-refractivity contribution in [3.63, 3.8) is 0 Å². The standard InChI is InChI=1S/C17H20N2O4/c20-16(11-21-10-13-4-3-9-22-13)19(12-7-8-12)17-18-14-5-1-2-6-15(14)23-17/h1-2,5-6,12-13H,3-4,7-11H2/t13-/m1/s1. The summed E-state index contributed by atoms with van der Waals surface area (Å²) >= 11 is 0. The fraction of sp³-hybridized carbons (Fsp3) is 0.529. The molecule has 0 radical (unpaired) electrons. The van der Waals surface area contributed by atoms with Gasteiger partial charge in [0, 0.05) is 12.6 Å². The first kappa shape index (κ1) is 14.7. The Bertz CT molecular complexity index is 656. The molecule has 2 aliphatic rings. The number of ether oxygens (including phenoxy) is 2. The lowest BCUT2D eigenvalue weighted by Crippen LogP contribution is -2.36. The van der Waals surface area contributed by atoms with E-state index in [0.717, 1.165) is 37.8 Å². The van der Waals surface area contributed by atoms with Crippen molar-refractivity contribution in [3.8, 4) is 0 Å². The van der Waals surface area contributed by atoms with Gasteiger partial charge >= 0.3 is 6.01 Å². The molecule has 1 saturated heterocycles. The predicted molar refractivity (Wildman–Crippen MR) is 84.3 cm³/mol. The highest BCUT2D eigenvalue weighted by atomic mass is 16.5. The Morgan fingerprint density at radius 3 is 2.91 bits per heavy atom. The number of oxazole rings is 1. The van der Waals surface area contributed by atoms with Gasteiger partial charge in [-0.05, 0) is 37.8 Å². The molecule has 1 aliphatic heterocycles.